The molecule has 1 rings (SSSR count). The molecule has 5 heteroatoms. The Bertz CT molecular complexity index is 460. The van der Waals surface area contributed by atoms with Gasteiger partial charge in [0.1, 0.15) is 0 Å². The van der Waals surface area contributed by atoms with E-state index in [9.17, 15) is 9.59 Å². The molecule has 1 atom stereocenters. The molecule has 110 valence electrons. The summed E-state index contributed by atoms with van der Waals surface area (Å²) >= 11 is 0. The minimum absolute atomic E-state index is 0.0912. The molecule has 0 saturated carbocycles. The fraction of sp³-hybridized carbons (Fsp3) is 0.467. The van der Waals surface area contributed by atoms with E-state index in [1.54, 1.807) is 6.07 Å². The van der Waals surface area contributed by atoms with Crippen LogP contribution in [0.3, 0.4) is 0 Å². The largest absolute Gasteiger partial charge is 0.456 e. The molecular formula is C15H22N2O3. The number of aryl methyl sites for hydroxylation is 1. The van der Waals surface area contributed by atoms with Gasteiger partial charge in [0.25, 0.3) is 5.91 Å². The number of hydrogen-bond acceptors (Lipinski definition) is 4. The van der Waals surface area contributed by atoms with Crippen molar-refractivity contribution in [2.24, 2.45) is 0 Å². The molecule has 0 fully saturated rings. The van der Waals surface area contributed by atoms with Crippen LogP contribution in [0.5, 0.6) is 0 Å². The first-order valence-corrected chi connectivity index (χ1v) is 6.80. The third-order valence-electron chi connectivity index (χ3n) is 2.95. The van der Waals surface area contributed by atoms with Gasteiger partial charge in [0.05, 0.1) is 0 Å². The minimum atomic E-state index is -0.383. The summed E-state index contributed by atoms with van der Waals surface area (Å²) in [5, 5.41) is 2.73. The second-order valence-corrected chi connectivity index (χ2v) is 4.78. The second kappa shape index (κ2) is 8.19. The summed E-state index contributed by atoms with van der Waals surface area (Å²) in [6.45, 7) is 3.65. The van der Waals surface area contributed by atoms with Crippen molar-refractivity contribution >= 4 is 17.6 Å². The number of esters is 1. The van der Waals surface area contributed by atoms with Gasteiger partial charge in [0.15, 0.2) is 6.61 Å². The lowest BCUT2D eigenvalue weighted by Gasteiger charge is -2.11. The highest BCUT2D eigenvalue weighted by atomic mass is 16.5. The van der Waals surface area contributed by atoms with Gasteiger partial charge in [-0.05, 0) is 37.5 Å². The molecule has 0 aliphatic heterocycles. The van der Waals surface area contributed by atoms with E-state index in [2.05, 4.69) is 5.32 Å². The molecule has 0 aromatic heterocycles. The average Bonchev–Trinajstić information content (AvgIpc) is 2.42. The molecule has 1 aromatic rings. The first-order chi connectivity index (χ1) is 9.51. The van der Waals surface area contributed by atoms with Crippen molar-refractivity contribution in [1.29, 1.82) is 0 Å². The molecule has 0 bridgehead atoms. The predicted octanol–water partition coefficient (Wildman–Crippen LogP) is 1.66. The molecule has 0 saturated heterocycles. The van der Waals surface area contributed by atoms with E-state index in [1.807, 2.05) is 32.0 Å². The Morgan fingerprint density at radius 2 is 2.15 bits per heavy atom. The lowest BCUT2D eigenvalue weighted by Crippen LogP contribution is -2.35. The van der Waals surface area contributed by atoms with Crippen LogP contribution in [0.4, 0.5) is 5.69 Å². The van der Waals surface area contributed by atoms with E-state index in [0.717, 1.165) is 12.0 Å². The Hall–Kier alpha value is -2.04. The molecule has 20 heavy (non-hydrogen) atoms. The van der Waals surface area contributed by atoms with Gasteiger partial charge >= 0.3 is 5.97 Å². The summed E-state index contributed by atoms with van der Waals surface area (Å²) in [4.78, 5) is 23.0. The van der Waals surface area contributed by atoms with Crippen molar-refractivity contribution in [3.05, 3.63) is 29.8 Å². The molecule has 1 unspecified atom stereocenters. The topological polar surface area (TPSA) is 81.4 Å². The van der Waals surface area contributed by atoms with Crippen LogP contribution in [0.2, 0.25) is 0 Å². The molecule has 5 nitrogen and oxygen atoms in total. The third kappa shape index (κ3) is 6.22. The number of rotatable bonds is 7. The summed E-state index contributed by atoms with van der Waals surface area (Å²) < 4.78 is 4.92. The normalized spacial score (nSPS) is 11.7. The number of amides is 1. The number of nitrogen functional groups attached to an aromatic ring is 1. The van der Waals surface area contributed by atoms with Gasteiger partial charge in [-0.3, -0.25) is 9.59 Å². The van der Waals surface area contributed by atoms with E-state index < -0.39 is 0 Å². The van der Waals surface area contributed by atoms with Crippen molar-refractivity contribution in [1.82, 2.24) is 5.32 Å². The fourth-order valence-electron chi connectivity index (χ4n) is 1.63. The molecule has 1 amide bonds. The zero-order valence-corrected chi connectivity index (χ0v) is 12.0. The van der Waals surface area contributed by atoms with Crippen LogP contribution in [0.1, 0.15) is 32.3 Å². The Morgan fingerprint density at radius 3 is 2.80 bits per heavy atom. The van der Waals surface area contributed by atoms with Crippen molar-refractivity contribution in [3.63, 3.8) is 0 Å². The quantitative estimate of drug-likeness (QED) is 0.587. The molecule has 3 N–H and O–H groups in total. The number of nitrogens with two attached hydrogens (primary N) is 1. The zero-order valence-electron chi connectivity index (χ0n) is 12.0. The van der Waals surface area contributed by atoms with Gasteiger partial charge in [0, 0.05) is 18.2 Å². The number of nitrogens with one attached hydrogen (secondary N) is 1. The Kier molecular flexibility index (Phi) is 6.56. The van der Waals surface area contributed by atoms with Gasteiger partial charge in [-0.1, -0.05) is 19.1 Å². The maximum atomic E-state index is 11.5. The highest BCUT2D eigenvalue weighted by molar-refractivity contribution is 5.80. The third-order valence-corrected chi connectivity index (χ3v) is 2.95. The van der Waals surface area contributed by atoms with Gasteiger partial charge in [-0.2, -0.15) is 0 Å². The van der Waals surface area contributed by atoms with E-state index in [-0.39, 0.29) is 30.9 Å². The summed E-state index contributed by atoms with van der Waals surface area (Å²) in [6, 6.07) is 7.45. The molecule has 0 radical (unpaired) electrons. The highest BCUT2D eigenvalue weighted by Gasteiger charge is 2.09. The van der Waals surface area contributed by atoms with Crippen LogP contribution < -0.4 is 11.1 Å². The lowest BCUT2D eigenvalue weighted by atomic mass is 10.1. The molecule has 0 spiro atoms. The van der Waals surface area contributed by atoms with Gasteiger partial charge in [0.2, 0.25) is 0 Å². The van der Waals surface area contributed by atoms with Gasteiger partial charge < -0.3 is 15.8 Å². The van der Waals surface area contributed by atoms with Crippen LogP contribution in [-0.4, -0.2) is 24.5 Å². The number of carbonyl (C=O) groups is 2. The number of carbonyl (C=O) groups excluding carboxylic acids is 2. The van der Waals surface area contributed by atoms with Crippen LogP contribution >= 0.6 is 0 Å². The number of hydrogen-bond donors (Lipinski definition) is 2. The average molecular weight is 278 g/mol. The first-order valence-electron chi connectivity index (χ1n) is 6.80. The molecule has 0 aliphatic rings. The van der Waals surface area contributed by atoms with Crippen LogP contribution in [0.15, 0.2) is 24.3 Å². The first kappa shape index (κ1) is 16.0. The Balaban J connectivity index is 2.25. The molecule has 0 heterocycles. The van der Waals surface area contributed by atoms with E-state index in [4.69, 9.17) is 10.5 Å². The predicted molar refractivity (Wildman–Crippen MR) is 78.0 cm³/mol. The molecule has 0 aliphatic carbocycles. The summed E-state index contributed by atoms with van der Waals surface area (Å²) in [6.07, 6.45) is 1.63. The zero-order chi connectivity index (χ0) is 15.0. The van der Waals surface area contributed by atoms with Gasteiger partial charge in [-0.15, -0.1) is 0 Å². The van der Waals surface area contributed by atoms with Crippen molar-refractivity contribution in [2.75, 3.05) is 12.3 Å². The Labute approximate surface area is 119 Å². The summed E-state index contributed by atoms with van der Waals surface area (Å²) in [5.41, 5.74) is 7.30. The second-order valence-electron chi connectivity index (χ2n) is 4.78. The summed E-state index contributed by atoms with van der Waals surface area (Å²) in [7, 11) is 0. The van der Waals surface area contributed by atoms with Crippen LogP contribution in [0, 0.1) is 0 Å². The fourth-order valence-corrected chi connectivity index (χ4v) is 1.63. The van der Waals surface area contributed by atoms with E-state index in [0.29, 0.717) is 12.1 Å². The van der Waals surface area contributed by atoms with E-state index in [1.165, 1.54) is 0 Å². The van der Waals surface area contributed by atoms with Crippen molar-refractivity contribution in [3.8, 4) is 0 Å². The highest BCUT2D eigenvalue weighted by Crippen LogP contribution is 2.09. The Morgan fingerprint density at radius 1 is 1.40 bits per heavy atom. The smallest absolute Gasteiger partial charge is 0.306 e. The minimum Gasteiger partial charge on any atom is -0.456 e. The van der Waals surface area contributed by atoms with E-state index >= 15 is 0 Å². The molecule has 1 aromatic carbocycles. The van der Waals surface area contributed by atoms with Crippen LogP contribution in [-0.2, 0) is 20.7 Å². The monoisotopic (exact) mass is 278 g/mol. The SMILES string of the molecule is CCC(C)NC(=O)COC(=O)CCc1cccc(N)c1. The lowest BCUT2D eigenvalue weighted by molar-refractivity contribution is -0.148. The number of ether oxygens (including phenoxy) is 1. The van der Waals surface area contributed by atoms with Crippen molar-refractivity contribution in [2.45, 2.75) is 39.2 Å². The van der Waals surface area contributed by atoms with Gasteiger partial charge in [-0.25, -0.2) is 0 Å². The molecular weight excluding hydrogens is 256 g/mol. The number of benzene rings is 1. The van der Waals surface area contributed by atoms with Crippen molar-refractivity contribution < 1.29 is 14.3 Å². The van der Waals surface area contributed by atoms with Crippen LogP contribution in [0.25, 0.3) is 0 Å². The maximum Gasteiger partial charge on any atom is 0.306 e. The number of anilines is 1. The maximum absolute atomic E-state index is 11.5. The summed E-state index contributed by atoms with van der Waals surface area (Å²) in [5.74, 6) is -0.650. The standard InChI is InChI=1S/C15H22N2O3/c1-3-11(2)17-14(18)10-20-15(19)8-7-12-5-4-6-13(16)9-12/h4-6,9,11H,3,7-8,10,16H2,1-2H3,(H,17,18).